The molecule has 6 heteroatoms. The maximum atomic E-state index is 6.00. The normalized spacial score (nSPS) is 21.6. The summed E-state index contributed by atoms with van der Waals surface area (Å²) in [5.41, 5.74) is 0.444. The second kappa shape index (κ2) is 14.0. The molecule has 0 radical (unpaired) electrons. The van der Waals surface area contributed by atoms with Crippen molar-refractivity contribution in [2.24, 2.45) is 10.8 Å². The molecule has 2 atom stereocenters. The molecule has 0 bridgehead atoms. The molecule has 2 rings (SSSR count). The van der Waals surface area contributed by atoms with Crippen LogP contribution >= 0.6 is 0 Å². The Morgan fingerprint density at radius 2 is 1.00 bits per heavy atom. The molecular weight excluding hydrogens is 384 g/mol. The predicted molar refractivity (Wildman–Crippen MR) is 118 cm³/mol. The zero-order valence-electron chi connectivity index (χ0n) is 19.9. The van der Waals surface area contributed by atoms with Crippen LogP contribution in [-0.2, 0) is 28.4 Å². The molecule has 0 aromatic carbocycles. The lowest BCUT2D eigenvalue weighted by Crippen LogP contribution is -2.46. The fraction of sp³-hybridized carbons (Fsp3) is 1.00. The van der Waals surface area contributed by atoms with Crippen LogP contribution in [0.15, 0.2) is 0 Å². The van der Waals surface area contributed by atoms with E-state index < -0.39 is 0 Å². The Kier molecular flexibility index (Phi) is 12.2. The van der Waals surface area contributed by atoms with Gasteiger partial charge in [0.15, 0.2) is 12.6 Å². The molecule has 2 unspecified atom stereocenters. The van der Waals surface area contributed by atoms with Crippen LogP contribution in [0.25, 0.3) is 0 Å². The lowest BCUT2D eigenvalue weighted by Gasteiger charge is -2.41. The van der Waals surface area contributed by atoms with E-state index >= 15 is 0 Å². The fourth-order valence-corrected chi connectivity index (χ4v) is 3.65. The van der Waals surface area contributed by atoms with E-state index in [1.807, 2.05) is 0 Å². The number of hydrogen-bond donors (Lipinski definition) is 0. The first-order valence-corrected chi connectivity index (χ1v) is 12.2. The Morgan fingerprint density at radius 1 is 0.600 bits per heavy atom. The van der Waals surface area contributed by atoms with Crippen molar-refractivity contribution in [1.29, 1.82) is 0 Å². The molecule has 0 aromatic heterocycles. The number of rotatable bonds is 19. The number of hydrogen-bond acceptors (Lipinski definition) is 6. The van der Waals surface area contributed by atoms with Gasteiger partial charge < -0.3 is 28.4 Å². The van der Waals surface area contributed by atoms with Gasteiger partial charge in [0.1, 0.15) is 0 Å². The van der Waals surface area contributed by atoms with Crippen molar-refractivity contribution in [3.8, 4) is 0 Å². The lowest BCUT2D eigenvalue weighted by atomic mass is 9.84. The lowest BCUT2D eigenvalue weighted by molar-refractivity contribution is -0.209. The summed E-state index contributed by atoms with van der Waals surface area (Å²) in [6.45, 7) is 14.9. The summed E-state index contributed by atoms with van der Waals surface area (Å²) >= 11 is 0. The molecule has 6 nitrogen and oxygen atoms in total. The maximum absolute atomic E-state index is 6.00. The highest BCUT2D eigenvalue weighted by molar-refractivity contribution is 4.84. The largest absolute Gasteiger partial charge is 0.380 e. The van der Waals surface area contributed by atoms with Gasteiger partial charge in [-0.15, -0.1) is 0 Å². The van der Waals surface area contributed by atoms with Crippen LogP contribution in [0, 0.1) is 10.8 Å². The molecule has 0 N–H and O–H groups in total. The quantitative estimate of drug-likeness (QED) is 0.214. The molecule has 2 aliphatic rings. The summed E-state index contributed by atoms with van der Waals surface area (Å²) in [5.74, 6) is 0. The Balaban J connectivity index is 1.44. The van der Waals surface area contributed by atoms with Crippen LogP contribution in [0.3, 0.4) is 0 Å². The Bertz CT molecular complexity index is 384. The van der Waals surface area contributed by atoms with Gasteiger partial charge >= 0.3 is 0 Å². The second-order valence-corrected chi connectivity index (χ2v) is 9.15. The van der Waals surface area contributed by atoms with Crippen LogP contribution < -0.4 is 0 Å². The SMILES string of the molecule is CCC(OCCCCCCOC(CC)OCC1(CC)COC1)OCC1(CC)COC1. The monoisotopic (exact) mass is 430 g/mol. The number of unbranched alkanes of at least 4 members (excludes halogenated alkanes) is 3. The molecule has 2 aliphatic heterocycles. The van der Waals surface area contributed by atoms with Crippen LogP contribution in [0.4, 0.5) is 0 Å². The van der Waals surface area contributed by atoms with Gasteiger partial charge in [0, 0.05) is 24.0 Å². The zero-order chi connectivity index (χ0) is 21.7. The average molecular weight is 431 g/mol. The van der Waals surface area contributed by atoms with E-state index in [4.69, 9.17) is 28.4 Å². The van der Waals surface area contributed by atoms with Crippen molar-refractivity contribution < 1.29 is 28.4 Å². The summed E-state index contributed by atoms with van der Waals surface area (Å²) < 4.78 is 34.6. The molecule has 0 aromatic rings. The van der Waals surface area contributed by atoms with Gasteiger partial charge in [-0.1, -0.05) is 40.5 Å². The molecule has 0 aliphatic carbocycles. The third-order valence-electron chi connectivity index (χ3n) is 6.60. The minimum absolute atomic E-state index is 0.0905. The molecule has 30 heavy (non-hydrogen) atoms. The smallest absolute Gasteiger partial charge is 0.157 e. The summed E-state index contributed by atoms with van der Waals surface area (Å²) in [5, 5.41) is 0. The Hall–Kier alpha value is -0.240. The third kappa shape index (κ3) is 8.36. The van der Waals surface area contributed by atoms with Crippen molar-refractivity contribution >= 4 is 0 Å². The van der Waals surface area contributed by atoms with Crippen molar-refractivity contribution in [1.82, 2.24) is 0 Å². The Labute approximate surface area is 184 Å². The highest BCUT2D eigenvalue weighted by Gasteiger charge is 2.38. The standard InChI is InChI=1S/C24H46O6/c1-5-21(29-19-23(7-3)15-25-16-23)27-13-11-9-10-12-14-28-22(6-2)30-20-24(8-4)17-26-18-24/h21-22H,5-20H2,1-4H3. The molecule has 2 saturated heterocycles. The summed E-state index contributed by atoms with van der Waals surface area (Å²) in [4.78, 5) is 0. The van der Waals surface area contributed by atoms with Crippen LogP contribution in [0.2, 0.25) is 0 Å². The van der Waals surface area contributed by atoms with Crippen molar-refractivity contribution in [2.45, 2.75) is 91.6 Å². The van der Waals surface area contributed by atoms with Gasteiger partial charge in [-0.2, -0.15) is 0 Å². The highest BCUT2D eigenvalue weighted by atomic mass is 16.7. The van der Waals surface area contributed by atoms with Crippen molar-refractivity contribution in [3.63, 3.8) is 0 Å². The van der Waals surface area contributed by atoms with Gasteiger partial charge in [-0.3, -0.25) is 0 Å². The summed E-state index contributed by atoms with van der Waals surface area (Å²) in [6, 6.07) is 0. The summed E-state index contributed by atoms with van der Waals surface area (Å²) in [7, 11) is 0. The predicted octanol–water partition coefficient (Wildman–Crippen LogP) is 4.94. The zero-order valence-corrected chi connectivity index (χ0v) is 19.9. The fourth-order valence-electron chi connectivity index (χ4n) is 3.65. The Morgan fingerprint density at radius 3 is 1.27 bits per heavy atom. The highest BCUT2D eigenvalue weighted by Crippen LogP contribution is 2.32. The third-order valence-corrected chi connectivity index (χ3v) is 6.60. The van der Waals surface area contributed by atoms with E-state index in [1.54, 1.807) is 0 Å². The van der Waals surface area contributed by atoms with E-state index in [1.165, 1.54) is 0 Å². The molecule has 2 fully saturated rings. The molecule has 0 amide bonds. The van der Waals surface area contributed by atoms with Gasteiger partial charge in [-0.25, -0.2) is 0 Å². The molecule has 2 heterocycles. The first-order chi connectivity index (χ1) is 14.6. The molecular formula is C24H46O6. The van der Waals surface area contributed by atoms with E-state index in [0.29, 0.717) is 0 Å². The second-order valence-electron chi connectivity index (χ2n) is 9.15. The van der Waals surface area contributed by atoms with E-state index in [2.05, 4.69) is 27.7 Å². The van der Waals surface area contributed by atoms with Crippen LogP contribution in [0.5, 0.6) is 0 Å². The first-order valence-electron chi connectivity index (χ1n) is 12.2. The van der Waals surface area contributed by atoms with Gasteiger partial charge in [0.05, 0.1) is 39.6 Å². The van der Waals surface area contributed by atoms with E-state index in [9.17, 15) is 0 Å². The van der Waals surface area contributed by atoms with Gasteiger partial charge in [0.2, 0.25) is 0 Å². The minimum atomic E-state index is -0.0905. The van der Waals surface area contributed by atoms with Crippen LogP contribution in [-0.4, -0.2) is 65.4 Å². The van der Waals surface area contributed by atoms with Gasteiger partial charge in [0.25, 0.3) is 0 Å². The number of ether oxygens (including phenoxy) is 6. The first kappa shape index (κ1) is 26.0. The maximum Gasteiger partial charge on any atom is 0.157 e. The van der Waals surface area contributed by atoms with Crippen molar-refractivity contribution in [2.75, 3.05) is 52.9 Å². The molecule has 178 valence electrons. The summed E-state index contributed by atoms with van der Waals surface area (Å²) in [6.07, 6.45) is 8.23. The van der Waals surface area contributed by atoms with E-state index in [0.717, 1.165) is 104 Å². The molecule has 0 saturated carbocycles. The molecule has 0 spiro atoms. The van der Waals surface area contributed by atoms with Gasteiger partial charge in [-0.05, 0) is 38.5 Å². The van der Waals surface area contributed by atoms with Crippen LogP contribution in [0.1, 0.15) is 79.1 Å². The van der Waals surface area contributed by atoms with E-state index in [-0.39, 0.29) is 23.4 Å². The minimum Gasteiger partial charge on any atom is -0.380 e. The topological polar surface area (TPSA) is 55.4 Å². The van der Waals surface area contributed by atoms with Crippen molar-refractivity contribution in [3.05, 3.63) is 0 Å². The average Bonchev–Trinajstić information content (AvgIpc) is 2.71.